The number of halogens is 1. The number of benzene rings is 1. The standard InChI is InChI=1S/C18H24N4O.HI/c1-18(2,3)21-17(19)20-12-14-7-9-15(10-8-14)13-22-11-5-4-6-16(22)23;/h4-11H,12-13H2,1-3H3,(H3,19,20,21);1H. The van der Waals surface area contributed by atoms with Crippen molar-refractivity contribution in [1.29, 1.82) is 0 Å². The number of aliphatic imine (C=N–C) groups is 1. The molecule has 1 heterocycles. The Morgan fingerprint density at radius 1 is 1.12 bits per heavy atom. The lowest BCUT2D eigenvalue weighted by atomic mass is 10.1. The fourth-order valence-electron chi connectivity index (χ4n) is 2.14. The highest BCUT2D eigenvalue weighted by Crippen LogP contribution is 2.07. The van der Waals surface area contributed by atoms with Gasteiger partial charge in [-0.05, 0) is 38.0 Å². The summed E-state index contributed by atoms with van der Waals surface area (Å²) in [6.07, 6.45) is 1.79. The normalized spacial score (nSPS) is 11.7. The van der Waals surface area contributed by atoms with Crippen LogP contribution in [0.1, 0.15) is 31.9 Å². The van der Waals surface area contributed by atoms with Gasteiger partial charge >= 0.3 is 0 Å². The van der Waals surface area contributed by atoms with Crippen LogP contribution in [0.5, 0.6) is 0 Å². The van der Waals surface area contributed by atoms with Crippen LogP contribution in [0.2, 0.25) is 0 Å². The smallest absolute Gasteiger partial charge is 0.250 e. The van der Waals surface area contributed by atoms with E-state index in [1.165, 1.54) is 0 Å². The summed E-state index contributed by atoms with van der Waals surface area (Å²) in [6, 6.07) is 13.2. The quantitative estimate of drug-likeness (QED) is 0.436. The Labute approximate surface area is 160 Å². The molecule has 0 aliphatic rings. The van der Waals surface area contributed by atoms with E-state index in [2.05, 4.69) is 10.3 Å². The maximum atomic E-state index is 11.7. The van der Waals surface area contributed by atoms with E-state index in [1.807, 2.05) is 51.1 Å². The van der Waals surface area contributed by atoms with Gasteiger partial charge in [0, 0.05) is 17.8 Å². The highest BCUT2D eigenvalue weighted by molar-refractivity contribution is 14.0. The van der Waals surface area contributed by atoms with Crippen LogP contribution in [0.15, 0.2) is 58.4 Å². The van der Waals surface area contributed by atoms with Gasteiger partial charge in [0.05, 0.1) is 13.1 Å². The molecule has 0 bridgehead atoms. The maximum Gasteiger partial charge on any atom is 0.250 e. The molecule has 1 aromatic heterocycles. The topological polar surface area (TPSA) is 72.4 Å². The highest BCUT2D eigenvalue weighted by Gasteiger charge is 2.09. The third kappa shape index (κ3) is 6.74. The molecule has 3 N–H and O–H groups in total. The fourth-order valence-corrected chi connectivity index (χ4v) is 2.14. The summed E-state index contributed by atoms with van der Waals surface area (Å²) in [6.45, 7) is 7.21. The molecule has 2 rings (SSSR count). The van der Waals surface area contributed by atoms with Crippen LogP contribution < -0.4 is 16.6 Å². The van der Waals surface area contributed by atoms with Gasteiger partial charge < -0.3 is 15.6 Å². The van der Waals surface area contributed by atoms with E-state index in [4.69, 9.17) is 5.73 Å². The Morgan fingerprint density at radius 2 is 1.75 bits per heavy atom. The van der Waals surface area contributed by atoms with Crippen molar-refractivity contribution in [3.05, 3.63) is 70.1 Å². The van der Waals surface area contributed by atoms with Gasteiger partial charge in [-0.1, -0.05) is 30.3 Å². The first-order chi connectivity index (χ1) is 10.8. The predicted octanol–water partition coefficient (Wildman–Crippen LogP) is 2.72. The van der Waals surface area contributed by atoms with Crippen molar-refractivity contribution >= 4 is 29.9 Å². The largest absolute Gasteiger partial charge is 0.370 e. The molecule has 0 fully saturated rings. The van der Waals surface area contributed by atoms with Gasteiger partial charge in [-0.3, -0.25) is 4.79 Å². The maximum absolute atomic E-state index is 11.7. The zero-order valence-electron chi connectivity index (χ0n) is 14.3. The average Bonchev–Trinajstić information content (AvgIpc) is 2.47. The van der Waals surface area contributed by atoms with E-state index in [0.29, 0.717) is 19.0 Å². The molecule has 0 saturated heterocycles. The van der Waals surface area contributed by atoms with E-state index >= 15 is 0 Å². The Balaban J connectivity index is 0.00000288. The second-order valence-electron chi connectivity index (χ2n) is 6.56. The van der Waals surface area contributed by atoms with Crippen LogP contribution >= 0.6 is 24.0 Å². The Hall–Kier alpha value is -1.83. The average molecular weight is 440 g/mol. The molecule has 5 nitrogen and oxygen atoms in total. The fraction of sp³-hybridized carbons (Fsp3) is 0.333. The summed E-state index contributed by atoms with van der Waals surface area (Å²) in [7, 11) is 0. The molecule has 0 amide bonds. The van der Waals surface area contributed by atoms with E-state index in [0.717, 1.165) is 11.1 Å². The minimum atomic E-state index is -0.0968. The Kier molecular flexibility index (Phi) is 7.47. The van der Waals surface area contributed by atoms with Gasteiger partial charge in [0.2, 0.25) is 0 Å². The number of aromatic nitrogens is 1. The summed E-state index contributed by atoms with van der Waals surface area (Å²) in [5, 5.41) is 3.13. The SMILES string of the molecule is CC(C)(C)NC(N)=NCc1ccc(Cn2ccccc2=O)cc1.I. The van der Waals surface area contributed by atoms with Gasteiger partial charge in [0.25, 0.3) is 5.56 Å². The molecule has 1 aromatic carbocycles. The number of rotatable bonds is 4. The zero-order valence-corrected chi connectivity index (χ0v) is 16.7. The van der Waals surface area contributed by atoms with E-state index < -0.39 is 0 Å². The molecule has 0 radical (unpaired) electrons. The van der Waals surface area contributed by atoms with Crippen molar-refractivity contribution in [2.24, 2.45) is 10.7 Å². The van der Waals surface area contributed by atoms with Crippen molar-refractivity contribution in [1.82, 2.24) is 9.88 Å². The lowest BCUT2D eigenvalue weighted by Crippen LogP contribution is -2.44. The first-order valence-corrected chi connectivity index (χ1v) is 7.65. The molecule has 24 heavy (non-hydrogen) atoms. The number of guanidine groups is 1. The molecule has 0 unspecified atom stereocenters. The predicted molar refractivity (Wildman–Crippen MR) is 110 cm³/mol. The van der Waals surface area contributed by atoms with E-state index in [1.54, 1.807) is 22.9 Å². The number of pyridine rings is 1. The van der Waals surface area contributed by atoms with Crippen LogP contribution in [0.3, 0.4) is 0 Å². The van der Waals surface area contributed by atoms with Gasteiger partial charge in [0.1, 0.15) is 0 Å². The van der Waals surface area contributed by atoms with Crippen LogP contribution in [-0.2, 0) is 13.1 Å². The summed E-state index contributed by atoms with van der Waals surface area (Å²) in [5.41, 5.74) is 7.91. The van der Waals surface area contributed by atoms with Crippen LogP contribution in [0, 0.1) is 0 Å². The zero-order chi connectivity index (χ0) is 16.9. The lowest BCUT2D eigenvalue weighted by Gasteiger charge is -2.21. The van der Waals surface area contributed by atoms with Crippen LogP contribution in [0.4, 0.5) is 0 Å². The van der Waals surface area contributed by atoms with Gasteiger partial charge in [-0.25, -0.2) is 4.99 Å². The van der Waals surface area contributed by atoms with E-state index in [-0.39, 0.29) is 35.1 Å². The molecule has 0 spiro atoms. The minimum absolute atomic E-state index is 0. The summed E-state index contributed by atoms with van der Waals surface area (Å²) in [4.78, 5) is 16.0. The molecule has 6 heteroatoms. The highest BCUT2D eigenvalue weighted by atomic mass is 127. The minimum Gasteiger partial charge on any atom is -0.370 e. The number of nitrogens with zero attached hydrogens (tertiary/aromatic N) is 2. The molecule has 130 valence electrons. The van der Waals surface area contributed by atoms with Gasteiger partial charge in [-0.15, -0.1) is 24.0 Å². The number of nitrogens with two attached hydrogens (primary N) is 1. The summed E-state index contributed by atoms with van der Waals surface area (Å²) < 4.78 is 1.68. The lowest BCUT2D eigenvalue weighted by molar-refractivity contribution is 0.508. The molecule has 0 aliphatic heterocycles. The Bertz CT molecular complexity index is 730. The monoisotopic (exact) mass is 440 g/mol. The second-order valence-corrected chi connectivity index (χ2v) is 6.56. The van der Waals surface area contributed by atoms with Crippen molar-refractivity contribution in [3.63, 3.8) is 0 Å². The third-order valence-electron chi connectivity index (χ3n) is 3.21. The number of hydrogen-bond acceptors (Lipinski definition) is 2. The molecule has 0 atom stereocenters. The molecule has 0 aliphatic carbocycles. The molecular formula is C18H25IN4O. The summed E-state index contributed by atoms with van der Waals surface area (Å²) in [5.74, 6) is 0.442. The second kappa shape index (κ2) is 8.86. The van der Waals surface area contributed by atoms with Crippen LogP contribution in [-0.4, -0.2) is 16.1 Å². The van der Waals surface area contributed by atoms with Gasteiger partial charge in [0.15, 0.2) is 5.96 Å². The van der Waals surface area contributed by atoms with Crippen LogP contribution in [0.25, 0.3) is 0 Å². The number of hydrogen-bond donors (Lipinski definition) is 2. The van der Waals surface area contributed by atoms with Crippen molar-refractivity contribution in [2.45, 2.75) is 39.4 Å². The summed E-state index contributed by atoms with van der Waals surface area (Å²) >= 11 is 0. The first kappa shape index (κ1) is 20.2. The number of nitrogens with one attached hydrogen (secondary N) is 1. The third-order valence-corrected chi connectivity index (χ3v) is 3.21. The van der Waals surface area contributed by atoms with Crippen molar-refractivity contribution in [2.75, 3.05) is 0 Å². The molecule has 2 aromatic rings. The van der Waals surface area contributed by atoms with Crippen molar-refractivity contribution < 1.29 is 0 Å². The first-order valence-electron chi connectivity index (χ1n) is 7.65. The Morgan fingerprint density at radius 3 is 2.33 bits per heavy atom. The molecular weight excluding hydrogens is 415 g/mol. The molecule has 0 saturated carbocycles. The van der Waals surface area contributed by atoms with Crippen molar-refractivity contribution in [3.8, 4) is 0 Å². The van der Waals surface area contributed by atoms with E-state index in [9.17, 15) is 4.79 Å². The van der Waals surface area contributed by atoms with Gasteiger partial charge in [-0.2, -0.15) is 0 Å².